The normalized spacial score (nSPS) is 11.6. The Morgan fingerprint density at radius 3 is 2.39 bits per heavy atom. The minimum Gasteiger partial charge on any atom is -0.145 e. The van der Waals surface area contributed by atoms with Crippen LogP contribution in [0.5, 0.6) is 0 Å². The number of nitroso groups, excluding NO2 is 1. The van der Waals surface area contributed by atoms with Crippen molar-refractivity contribution < 1.29 is 0 Å². The Labute approximate surface area is 110 Å². The van der Waals surface area contributed by atoms with Gasteiger partial charge < -0.3 is 0 Å². The second-order valence-corrected chi connectivity index (χ2v) is 6.23. The number of benzene rings is 2. The predicted molar refractivity (Wildman–Crippen MR) is 80.2 cm³/mol. The lowest BCUT2D eigenvalue weighted by atomic mass is 10.2. The molecular weight excluding hydrogens is 262 g/mol. The van der Waals surface area contributed by atoms with Crippen LogP contribution >= 0.6 is 22.7 Å². The van der Waals surface area contributed by atoms with Gasteiger partial charge in [-0.1, -0.05) is 18.2 Å². The Bertz CT molecular complexity index is 904. The van der Waals surface area contributed by atoms with Gasteiger partial charge in [0.15, 0.2) is 0 Å². The van der Waals surface area contributed by atoms with Gasteiger partial charge in [0.05, 0.1) is 9.40 Å². The van der Waals surface area contributed by atoms with Crippen molar-refractivity contribution in [2.75, 3.05) is 0 Å². The van der Waals surface area contributed by atoms with Crippen molar-refractivity contribution in [3.8, 4) is 0 Å². The van der Waals surface area contributed by atoms with Gasteiger partial charge in [0.2, 0.25) is 0 Å². The second kappa shape index (κ2) is 3.60. The molecule has 2 nitrogen and oxygen atoms in total. The van der Waals surface area contributed by atoms with Crippen molar-refractivity contribution in [1.82, 2.24) is 0 Å². The first-order valence-corrected chi connectivity index (χ1v) is 7.17. The van der Waals surface area contributed by atoms with Gasteiger partial charge in [0, 0.05) is 20.2 Å². The summed E-state index contributed by atoms with van der Waals surface area (Å²) in [5.41, 5.74) is 0.500. The van der Waals surface area contributed by atoms with Crippen LogP contribution in [-0.4, -0.2) is 0 Å². The first kappa shape index (κ1) is 10.2. The van der Waals surface area contributed by atoms with Crippen LogP contribution in [0.4, 0.5) is 5.69 Å². The van der Waals surface area contributed by atoms with Crippen LogP contribution in [0.25, 0.3) is 29.6 Å². The average molecular weight is 269 g/mol. The van der Waals surface area contributed by atoms with Crippen LogP contribution in [0.2, 0.25) is 0 Å². The van der Waals surface area contributed by atoms with E-state index < -0.39 is 0 Å². The van der Waals surface area contributed by atoms with E-state index in [1.807, 2.05) is 12.1 Å². The molecule has 86 valence electrons. The average Bonchev–Trinajstić information content (AvgIpc) is 2.94. The third-order valence-corrected chi connectivity index (χ3v) is 5.61. The highest BCUT2D eigenvalue weighted by molar-refractivity contribution is 7.36. The van der Waals surface area contributed by atoms with E-state index in [-0.39, 0.29) is 0 Å². The van der Waals surface area contributed by atoms with E-state index in [1.165, 1.54) is 24.2 Å². The summed E-state index contributed by atoms with van der Waals surface area (Å²) in [6, 6.07) is 14.1. The van der Waals surface area contributed by atoms with E-state index in [1.54, 1.807) is 28.7 Å². The van der Waals surface area contributed by atoms with E-state index in [0.29, 0.717) is 5.69 Å². The Kier molecular flexibility index (Phi) is 2.04. The largest absolute Gasteiger partial charge is 0.145 e. The lowest BCUT2D eigenvalue weighted by Crippen LogP contribution is -1.63. The molecule has 0 N–H and O–H groups in total. The Morgan fingerprint density at radius 1 is 0.833 bits per heavy atom. The maximum atomic E-state index is 10.6. The molecule has 0 radical (unpaired) electrons. The van der Waals surface area contributed by atoms with E-state index in [0.717, 1.165) is 5.39 Å². The maximum absolute atomic E-state index is 10.6. The lowest BCUT2D eigenvalue weighted by molar-refractivity contribution is 1.53. The molecule has 2 heterocycles. The van der Waals surface area contributed by atoms with Crippen LogP contribution in [0.15, 0.2) is 47.6 Å². The van der Waals surface area contributed by atoms with Gasteiger partial charge in [-0.25, -0.2) is 0 Å². The van der Waals surface area contributed by atoms with Crippen LogP contribution in [-0.2, 0) is 0 Å². The van der Waals surface area contributed by atoms with Crippen molar-refractivity contribution in [1.29, 1.82) is 0 Å². The summed E-state index contributed by atoms with van der Waals surface area (Å²) >= 11 is 3.57. The minimum absolute atomic E-state index is 0.500. The second-order valence-electron chi connectivity index (χ2n) is 4.13. The summed E-state index contributed by atoms with van der Waals surface area (Å²) < 4.78 is 5.09. The van der Waals surface area contributed by atoms with Gasteiger partial charge in [0.25, 0.3) is 0 Å². The molecule has 0 aliphatic rings. The Morgan fingerprint density at radius 2 is 1.56 bits per heavy atom. The molecule has 4 heteroatoms. The number of rotatable bonds is 1. The molecular formula is C14H7NOS2. The zero-order valence-corrected chi connectivity index (χ0v) is 10.8. The van der Waals surface area contributed by atoms with Crippen molar-refractivity contribution in [2.45, 2.75) is 0 Å². The van der Waals surface area contributed by atoms with Gasteiger partial charge in [-0.05, 0) is 29.4 Å². The van der Waals surface area contributed by atoms with Crippen molar-refractivity contribution in [3.63, 3.8) is 0 Å². The fraction of sp³-hybridized carbons (Fsp3) is 0. The highest BCUT2D eigenvalue weighted by Gasteiger charge is 2.11. The van der Waals surface area contributed by atoms with Crippen LogP contribution < -0.4 is 0 Å². The summed E-state index contributed by atoms with van der Waals surface area (Å²) in [7, 11) is 0. The fourth-order valence-electron chi connectivity index (χ4n) is 2.25. The Hall–Kier alpha value is -1.78. The van der Waals surface area contributed by atoms with Crippen molar-refractivity contribution in [3.05, 3.63) is 47.4 Å². The molecule has 0 fully saturated rings. The van der Waals surface area contributed by atoms with E-state index in [2.05, 4.69) is 29.4 Å². The van der Waals surface area contributed by atoms with E-state index >= 15 is 0 Å². The summed E-state index contributed by atoms with van der Waals surface area (Å²) in [4.78, 5) is 10.6. The lowest BCUT2D eigenvalue weighted by Gasteiger charge is -1.90. The first-order chi connectivity index (χ1) is 8.86. The SMILES string of the molecule is O=Nc1ccc2sc3c4ccccc4sc3c2c1. The number of hydrogen-bond acceptors (Lipinski definition) is 4. The molecule has 0 aliphatic carbocycles. The molecule has 2 aromatic carbocycles. The molecule has 0 bridgehead atoms. The molecule has 0 spiro atoms. The third-order valence-electron chi connectivity index (χ3n) is 3.08. The van der Waals surface area contributed by atoms with Crippen LogP contribution in [0.1, 0.15) is 0 Å². The zero-order chi connectivity index (χ0) is 12.1. The number of nitrogens with zero attached hydrogens (tertiary/aromatic N) is 1. The van der Waals surface area contributed by atoms with Gasteiger partial charge in [-0.2, -0.15) is 0 Å². The van der Waals surface area contributed by atoms with Crippen LogP contribution in [0.3, 0.4) is 0 Å². The number of fused-ring (bicyclic) bond motifs is 5. The summed E-state index contributed by atoms with van der Waals surface area (Å²) in [5.74, 6) is 0. The van der Waals surface area contributed by atoms with Gasteiger partial charge in [0.1, 0.15) is 5.69 Å². The van der Waals surface area contributed by atoms with E-state index in [4.69, 9.17) is 0 Å². The minimum atomic E-state index is 0.500. The third kappa shape index (κ3) is 1.27. The van der Waals surface area contributed by atoms with Gasteiger partial charge in [-0.15, -0.1) is 27.6 Å². The molecule has 0 atom stereocenters. The molecule has 0 aliphatic heterocycles. The topological polar surface area (TPSA) is 29.4 Å². The molecule has 0 amide bonds. The van der Waals surface area contributed by atoms with Crippen molar-refractivity contribution in [2.24, 2.45) is 5.18 Å². The quantitative estimate of drug-likeness (QED) is 0.409. The molecule has 0 unspecified atom stereocenters. The molecule has 2 aromatic heterocycles. The first-order valence-electron chi connectivity index (χ1n) is 5.54. The highest BCUT2D eigenvalue weighted by Crippen LogP contribution is 2.44. The molecule has 0 saturated heterocycles. The van der Waals surface area contributed by atoms with Gasteiger partial charge in [-0.3, -0.25) is 0 Å². The van der Waals surface area contributed by atoms with Gasteiger partial charge >= 0.3 is 0 Å². The Balaban J connectivity index is 2.24. The molecule has 4 rings (SSSR count). The fourth-order valence-corrected chi connectivity index (χ4v) is 4.88. The molecule has 18 heavy (non-hydrogen) atoms. The molecule has 0 saturated carbocycles. The number of hydrogen-bond donors (Lipinski definition) is 0. The number of thiophene rings is 2. The van der Waals surface area contributed by atoms with E-state index in [9.17, 15) is 4.91 Å². The highest BCUT2D eigenvalue weighted by atomic mass is 32.1. The predicted octanol–water partition coefficient (Wildman–Crippen LogP) is 5.67. The summed E-state index contributed by atoms with van der Waals surface area (Å²) in [6.07, 6.45) is 0. The monoisotopic (exact) mass is 269 g/mol. The standard InChI is InChI=1S/C14H7NOS2/c16-15-8-5-6-12-10(7-8)14-13(18-12)9-3-1-2-4-11(9)17-14/h1-7H. The summed E-state index contributed by atoms with van der Waals surface area (Å²) in [6.45, 7) is 0. The summed E-state index contributed by atoms with van der Waals surface area (Å²) in [5, 5.41) is 5.47. The van der Waals surface area contributed by atoms with Crippen molar-refractivity contribution >= 4 is 57.9 Å². The maximum Gasteiger partial charge on any atom is 0.108 e. The zero-order valence-electron chi connectivity index (χ0n) is 9.21. The molecule has 4 aromatic rings. The van der Waals surface area contributed by atoms with Crippen LogP contribution in [0, 0.1) is 4.91 Å². The smallest absolute Gasteiger partial charge is 0.108 e.